The Morgan fingerprint density at radius 1 is 1.07 bits per heavy atom. The Morgan fingerprint density at radius 2 is 1.76 bits per heavy atom. The fourth-order valence-corrected chi connectivity index (χ4v) is 4.09. The molecular weight excluding hydrogens is 367 g/mol. The van der Waals surface area contributed by atoms with Gasteiger partial charge in [-0.15, -0.1) is 5.10 Å². The molecule has 1 amide bonds. The molecule has 2 aromatic carbocycles. The van der Waals surface area contributed by atoms with Crippen molar-refractivity contribution in [3.63, 3.8) is 0 Å². The standard InChI is InChI=1S/C23H19FN4O/c1-23(14-17-12-22(29)26-20(17)13-21(23)24)18-6-2-15(3-7-18)16-4-8-19(9-5-16)28-11-10-25-27-28/h2-11,13H,12,14H2,1H3,(H,26,29). The molecule has 29 heavy (non-hydrogen) atoms. The first-order valence-electron chi connectivity index (χ1n) is 9.50. The van der Waals surface area contributed by atoms with E-state index in [0.29, 0.717) is 18.5 Å². The average molecular weight is 386 g/mol. The highest BCUT2D eigenvalue weighted by molar-refractivity contribution is 5.85. The number of halogens is 1. The lowest BCUT2D eigenvalue weighted by Gasteiger charge is -2.32. The lowest BCUT2D eigenvalue weighted by Crippen LogP contribution is -2.27. The van der Waals surface area contributed by atoms with Gasteiger partial charge in [-0.25, -0.2) is 9.07 Å². The largest absolute Gasteiger partial charge is 0.326 e. The smallest absolute Gasteiger partial charge is 0.228 e. The summed E-state index contributed by atoms with van der Waals surface area (Å²) >= 11 is 0. The number of aromatic nitrogens is 3. The van der Waals surface area contributed by atoms with Crippen LogP contribution in [0.2, 0.25) is 0 Å². The van der Waals surface area contributed by atoms with Crippen molar-refractivity contribution in [3.05, 3.63) is 89.7 Å². The number of nitrogens with zero attached hydrogens (tertiary/aromatic N) is 3. The number of nitrogens with one attached hydrogen (secondary N) is 1. The highest BCUT2D eigenvalue weighted by atomic mass is 19.1. The van der Waals surface area contributed by atoms with E-state index in [4.69, 9.17) is 0 Å². The molecule has 1 N–H and O–H groups in total. The Hall–Kier alpha value is -3.54. The third-order valence-electron chi connectivity index (χ3n) is 5.80. The number of allylic oxidation sites excluding steroid dienone is 2. The van der Waals surface area contributed by atoms with E-state index in [1.807, 2.05) is 55.5 Å². The molecule has 0 radical (unpaired) electrons. The number of rotatable bonds is 3. The summed E-state index contributed by atoms with van der Waals surface area (Å²) in [7, 11) is 0. The lowest BCUT2D eigenvalue weighted by atomic mass is 9.72. The monoisotopic (exact) mass is 386 g/mol. The average Bonchev–Trinajstić information content (AvgIpc) is 3.38. The number of benzene rings is 2. The molecule has 0 fully saturated rings. The van der Waals surface area contributed by atoms with Gasteiger partial charge in [-0.05, 0) is 53.8 Å². The SMILES string of the molecule is CC1(c2ccc(-c3ccc(-n4ccnn4)cc3)cc2)CC2=C(C=C1F)NC(=O)C2. The zero-order valence-corrected chi connectivity index (χ0v) is 15.9. The minimum absolute atomic E-state index is 0.0620. The highest BCUT2D eigenvalue weighted by Gasteiger charge is 2.39. The normalized spacial score (nSPS) is 21.0. The van der Waals surface area contributed by atoms with Crippen LogP contribution in [0.1, 0.15) is 25.3 Å². The highest BCUT2D eigenvalue weighted by Crippen LogP contribution is 2.45. The van der Waals surface area contributed by atoms with Crippen LogP contribution in [0.25, 0.3) is 16.8 Å². The molecule has 1 aliphatic carbocycles. The fourth-order valence-electron chi connectivity index (χ4n) is 4.09. The van der Waals surface area contributed by atoms with E-state index in [1.54, 1.807) is 17.1 Å². The van der Waals surface area contributed by atoms with Gasteiger partial charge < -0.3 is 5.32 Å². The minimum atomic E-state index is -0.749. The van der Waals surface area contributed by atoms with Crippen LogP contribution in [0.5, 0.6) is 0 Å². The quantitative estimate of drug-likeness (QED) is 0.733. The van der Waals surface area contributed by atoms with Gasteiger partial charge in [-0.3, -0.25) is 4.79 Å². The first-order chi connectivity index (χ1) is 14.0. The fraction of sp³-hybridized carbons (Fsp3) is 0.174. The maximum absolute atomic E-state index is 14.9. The third kappa shape index (κ3) is 2.97. The van der Waals surface area contributed by atoms with E-state index in [0.717, 1.165) is 28.0 Å². The van der Waals surface area contributed by atoms with Crippen molar-refractivity contribution < 1.29 is 9.18 Å². The maximum atomic E-state index is 14.9. The summed E-state index contributed by atoms with van der Waals surface area (Å²) in [5.74, 6) is -0.281. The van der Waals surface area contributed by atoms with Gasteiger partial charge >= 0.3 is 0 Å². The second-order valence-electron chi connectivity index (χ2n) is 7.72. The number of carbonyl (C=O) groups is 1. The molecule has 5 rings (SSSR count). The van der Waals surface area contributed by atoms with Crippen molar-refractivity contribution in [1.82, 2.24) is 20.3 Å². The second kappa shape index (κ2) is 6.51. The molecule has 1 aliphatic heterocycles. The summed E-state index contributed by atoms with van der Waals surface area (Å²) < 4.78 is 16.7. The van der Waals surface area contributed by atoms with Crippen LogP contribution in [0.3, 0.4) is 0 Å². The van der Waals surface area contributed by atoms with E-state index in [9.17, 15) is 9.18 Å². The van der Waals surface area contributed by atoms with Crippen molar-refractivity contribution >= 4 is 5.91 Å². The molecule has 1 atom stereocenters. The first-order valence-corrected chi connectivity index (χ1v) is 9.50. The first kappa shape index (κ1) is 17.6. The molecule has 0 saturated carbocycles. The summed E-state index contributed by atoms with van der Waals surface area (Å²) in [6.07, 6.45) is 5.77. The van der Waals surface area contributed by atoms with Crippen LogP contribution in [-0.4, -0.2) is 20.9 Å². The summed E-state index contributed by atoms with van der Waals surface area (Å²) in [6, 6.07) is 16.0. The van der Waals surface area contributed by atoms with Crippen molar-refractivity contribution in [2.45, 2.75) is 25.2 Å². The van der Waals surface area contributed by atoms with Gasteiger partial charge in [0.1, 0.15) is 5.83 Å². The van der Waals surface area contributed by atoms with Gasteiger partial charge in [0.05, 0.1) is 24.5 Å². The minimum Gasteiger partial charge on any atom is -0.326 e. The molecule has 0 bridgehead atoms. The topological polar surface area (TPSA) is 59.8 Å². The molecule has 0 spiro atoms. The molecule has 5 nitrogen and oxygen atoms in total. The summed E-state index contributed by atoms with van der Waals surface area (Å²) in [5, 5.41) is 10.5. The van der Waals surface area contributed by atoms with E-state index in [1.165, 1.54) is 6.08 Å². The Balaban J connectivity index is 1.40. The Bertz CT molecular complexity index is 1140. The molecule has 1 unspecified atom stereocenters. The van der Waals surface area contributed by atoms with Crippen molar-refractivity contribution in [3.8, 4) is 16.8 Å². The third-order valence-corrected chi connectivity index (χ3v) is 5.80. The van der Waals surface area contributed by atoms with Gasteiger partial charge in [0.25, 0.3) is 0 Å². The molecule has 144 valence electrons. The number of hydrogen-bond donors (Lipinski definition) is 1. The van der Waals surface area contributed by atoms with Crippen molar-refractivity contribution in [2.75, 3.05) is 0 Å². The van der Waals surface area contributed by atoms with Crippen LogP contribution in [0, 0.1) is 0 Å². The second-order valence-corrected chi connectivity index (χ2v) is 7.72. The van der Waals surface area contributed by atoms with E-state index < -0.39 is 5.41 Å². The van der Waals surface area contributed by atoms with Crippen LogP contribution in [-0.2, 0) is 10.2 Å². The van der Waals surface area contributed by atoms with Crippen molar-refractivity contribution in [2.24, 2.45) is 0 Å². The number of amides is 1. The number of hydrogen-bond acceptors (Lipinski definition) is 3. The summed E-state index contributed by atoms with van der Waals surface area (Å²) in [5.41, 5.74) is 4.83. The predicted molar refractivity (Wildman–Crippen MR) is 108 cm³/mol. The number of carbonyl (C=O) groups excluding carboxylic acids is 1. The van der Waals surface area contributed by atoms with E-state index >= 15 is 0 Å². The molecule has 3 aromatic rings. The van der Waals surface area contributed by atoms with Crippen LogP contribution >= 0.6 is 0 Å². The van der Waals surface area contributed by atoms with Gasteiger partial charge in [-0.1, -0.05) is 41.6 Å². The van der Waals surface area contributed by atoms with Crippen LogP contribution in [0.4, 0.5) is 4.39 Å². The predicted octanol–water partition coefficient (Wildman–Crippen LogP) is 4.22. The van der Waals surface area contributed by atoms with Crippen LogP contribution in [0.15, 0.2) is 84.1 Å². The summed E-state index contributed by atoms with van der Waals surface area (Å²) in [6.45, 7) is 1.90. The van der Waals surface area contributed by atoms with E-state index in [-0.39, 0.29) is 11.7 Å². The Labute approximate surface area is 167 Å². The zero-order valence-electron chi connectivity index (χ0n) is 15.9. The Kier molecular flexibility index (Phi) is 3.94. The molecule has 1 aromatic heterocycles. The van der Waals surface area contributed by atoms with Gasteiger partial charge in [0.2, 0.25) is 5.91 Å². The molecule has 2 aliphatic rings. The Morgan fingerprint density at radius 3 is 2.41 bits per heavy atom. The van der Waals surface area contributed by atoms with Crippen LogP contribution < -0.4 is 5.32 Å². The van der Waals surface area contributed by atoms with Gasteiger partial charge in [-0.2, -0.15) is 0 Å². The molecule has 2 heterocycles. The molecule has 0 saturated heterocycles. The zero-order chi connectivity index (χ0) is 20.0. The lowest BCUT2D eigenvalue weighted by molar-refractivity contribution is -0.118. The maximum Gasteiger partial charge on any atom is 0.228 e. The van der Waals surface area contributed by atoms with E-state index in [2.05, 4.69) is 15.6 Å². The molecule has 6 heteroatoms. The van der Waals surface area contributed by atoms with Gasteiger partial charge in [0.15, 0.2) is 0 Å². The summed E-state index contributed by atoms with van der Waals surface area (Å²) in [4.78, 5) is 11.7. The van der Waals surface area contributed by atoms with Gasteiger partial charge in [0, 0.05) is 11.1 Å². The van der Waals surface area contributed by atoms with Crippen molar-refractivity contribution in [1.29, 1.82) is 0 Å². The molecular formula is C23H19FN4O.